The Hall–Kier alpha value is -4.19. The van der Waals surface area contributed by atoms with Crippen LogP contribution in [0, 0.1) is 19.3 Å². The number of aryl methyl sites for hydroxylation is 1. The van der Waals surface area contributed by atoms with Crippen molar-refractivity contribution >= 4 is 17.6 Å². The van der Waals surface area contributed by atoms with E-state index in [4.69, 9.17) is 10.9 Å². The van der Waals surface area contributed by atoms with Crippen LogP contribution in [0.25, 0.3) is 11.4 Å². The molecular formula is C22H20N8O. The monoisotopic (exact) mass is 412 g/mol. The predicted molar refractivity (Wildman–Crippen MR) is 116 cm³/mol. The zero-order chi connectivity index (χ0) is 21.2. The third kappa shape index (κ3) is 3.83. The minimum absolute atomic E-state index is 0.0292. The van der Waals surface area contributed by atoms with Gasteiger partial charge in [0.2, 0.25) is 5.95 Å². The molecule has 4 aromatic heterocycles. The summed E-state index contributed by atoms with van der Waals surface area (Å²) in [7, 11) is 0. The molecule has 0 saturated carbocycles. The van der Waals surface area contributed by atoms with Crippen LogP contribution in [0.15, 0.2) is 47.1 Å². The van der Waals surface area contributed by atoms with Gasteiger partial charge in [-0.3, -0.25) is 10.1 Å². The average Bonchev–Trinajstić information content (AvgIpc) is 3.55. The van der Waals surface area contributed by atoms with Crippen LogP contribution >= 0.6 is 0 Å². The fourth-order valence-electron chi connectivity index (χ4n) is 3.70. The maximum Gasteiger partial charge on any atom is 0.229 e. The lowest BCUT2D eigenvalue weighted by atomic mass is 10.1. The number of aromatic nitrogens is 6. The van der Waals surface area contributed by atoms with Gasteiger partial charge in [-0.15, -0.1) is 6.42 Å². The molecule has 5 rings (SSSR count). The molecule has 1 aliphatic heterocycles. The zero-order valence-corrected chi connectivity index (χ0v) is 16.9. The maximum atomic E-state index is 5.68. The van der Waals surface area contributed by atoms with Crippen molar-refractivity contribution in [1.29, 1.82) is 0 Å². The number of nitrogens with one attached hydrogen (secondary N) is 2. The smallest absolute Gasteiger partial charge is 0.229 e. The second-order valence-electron chi connectivity index (χ2n) is 7.32. The number of H-pyrrole nitrogens is 1. The molecular weight excluding hydrogens is 392 g/mol. The van der Waals surface area contributed by atoms with Crippen LogP contribution in [-0.2, 0) is 0 Å². The van der Waals surface area contributed by atoms with Gasteiger partial charge in [0, 0.05) is 36.6 Å². The van der Waals surface area contributed by atoms with Gasteiger partial charge in [0.25, 0.3) is 0 Å². The second kappa shape index (κ2) is 7.91. The van der Waals surface area contributed by atoms with Crippen LogP contribution < -0.4 is 10.2 Å². The zero-order valence-electron chi connectivity index (χ0n) is 16.9. The summed E-state index contributed by atoms with van der Waals surface area (Å²) < 4.78 is 5.68. The number of hydrogen-bond acceptors (Lipinski definition) is 8. The fraction of sp³-hybridized carbons (Fsp3) is 0.227. The lowest BCUT2D eigenvalue weighted by Crippen LogP contribution is -2.25. The lowest BCUT2D eigenvalue weighted by molar-refractivity contribution is 0.362. The van der Waals surface area contributed by atoms with Crippen LogP contribution in [0.3, 0.4) is 0 Å². The molecule has 1 fully saturated rings. The second-order valence-corrected chi connectivity index (χ2v) is 7.32. The Morgan fingerprint density at radius 3 is 2.90 bits per heavy atom. The van der Waals surface area contributed by atoms with Gasteiger partial charge in [-0.05, 0) is 37.8 Å². The standard InChI is InChI=1S/C22H20N8O/c1-3-15-12-20(25-21-11-14(2)27-28-21)26-22(24-15)30-10-6-8-18(30)19-13-17(29-31-19)16-7-4-5-9-23-16/h1,4-5,7,9,11-13,18H,6,8,10H2,2H3,(H2,24,25,26,27,28). The molecule has 9 nitrogen and oxygen atoms in total. The number of anilines is 3. The van der Waals surface area contributed by atoms with Crippen molar-refractivity contribution in [2.24, 2.45) is 0 Å². The molecule has 154 valence electrons. The third-order valence-electron chi connectivity index (χ3n) is 5.12. The normalized spacial score (nSPS) is 15.7. The summed E-state index contributed by atoms with van der Waals surface area (Å²) in [6.45, 7) is 2.72. The number of pyridine rings is 1. The summed E-state index contributed by atoms with van der Waals surface area (Å²) in [5.74, 6) is 5.16. The molecule has 31 heavy (non-hydrogen) atoms. The van der Waals surface area contributed by atoms with Crippen LogP contribution in [0.4, 0.5) is 17.6 Å². The Labute approximate surface area is 178 Å². The summed E-state index contributed by atoms with van der Waals surface area (Å²) in [4.78, 5) is 15.7. The van der Waals surface area contributed by atoms with Gasteiger partial charge in [0.1, 0.15) is 17.2 Å². The van der Waals surface area contributed by atoms with E-state index in [0.717, 1.165) is 36.5 Å². The summed E-state index contributed by atoms with van der Waals surface area (Å²) >= 11 is 0. The Bertz CT molecular complexity index is 1240. The van der Waals surface area contributed by atoms with Crippen molar-refractivity contribution in [3.8, 4) is 23.7 Å². The predicted octanol–water partition coefficient (Wildman–Crippen LogP) is 3.62. The number of hydrogen-bond donors (Lipinski definition) is 2. The lowest BCUT2D eigenvalue weighted by Gasteiger charge is -2.23. The van der Waals surface area contributed by atoms with Crippen LogP contribution in [0.1, 0.15) is 36.0 Å². The van der Waals surface area contributed by atoms with Crippen molar-refractivity contribution in [3.05, 3.63) is 59.7 Å². The van der Waals surface area contributed by atoms with Crippen molar-refractivity contribution < 1.29 is 4.52 Å². The molecule has 4 aromatic rings. The van der Waals surface area contributed by atoms with Gasteiger partial charge in [0.05, 0.1) is 11.7 Å². The maximum absolute atomic E-state index is 5.68. The Morgan fingerprint density at radius 1 is 1.19 bits per heavy atom. The number of terminal acetylenes is 1. The molecule has 1 unspecified atom stereocenters. The molecule has 9 heteroatoms. The highest BCUT2D eigenvalue weighted by atomic mass is 16.5. The van der Waals surface area contributed by atoms with Crippen molar-refractivity contribution in [2.45, 2.75) is 25.8 Å². The first kappa shape index (κ1) is 18.8. The third-order valence-corrected chi connectivity index (χ3v) is 5.12. The van der Waals surface area contributed by atoms with Crippen LogP contribution in [0.2, 0.25) is 0 Å². The molecule has 1 atom stereocenters. The number of aromatic amines is 1. The molecule has 0 aromatic carbocycles. The molecule has 0 spiro atoms. The number of nitrogens with zero attached hydrogens (tertiary/aromatic N) is 6. The van der Waals surface area contributed by atoms with Crippen molar-refractivity contribution in [1.82, 2.24) is 30.3 Å². The molecule has 2 N–H and O–H groups in total. The summed E-state index contributed by atoms with van der Waals surface area (Å²) in [5, 5.41) is 14.5. The number of rotatable bonds is 5. The van der Waals surface area contributed by atoms with Gasteiger partial charge in [0.15, 0.2) is 11.6 Å². The van der Waals surface area contributed by atoms with E-state index >= 15 is 0 Å². The highest BCUT2D eigenvalue weighted by molar-refractivity contribution is 5.57. The summed E-state index contributed by atoms with van der Waals surface area (Å²) in [6.07, 6.45) is 9.28. The van der Waals surface area contributed by atoms with Crippen molar-refractivity contribution in [3.63, 3.8) is 0 Å². The van der Waals surface area contributed by atoms with Gasteiger partial charge in [-0.25, -0.2) is 4.98 Å². The van der Waals surface area contributed by atoms with Gasteiger partial charge in [-0.2, -0.15) is 10.1 Å². The SMILES string of the molecule is C#Cc1cc(Nc2cc(C)[nH]n2)nc(N2CCCC2c2cc(-c3ccccn3)no2)n1. The molecule has 0 radical (unpaired) electrons. The van der Waals surface area contributed by atoms with E-state index in [9.17, 15) is 0 Å². The Balaban J connectivity index is 1.44. The molecule has 0 aliphatic carbocycles. The molecule has 0 bridgehead atoms. The fourth-order valence-corrected chi connectivity index (χ4v) is 3.70. The van der Waals surface area contributed by atoms with E-state index in [-0.39, 0.29) is 6.04 Å². The van der Waals surface area contributed by atoms with Gasteiger partial charge in [-0.1, -0.05) is 11.2 Å². The topological polar surface area (TPSA) is 109 Å². The van der Waals surface area contributed by atoms with E-state index in [1.807, 2.05) is 37.3 Å². The highest BCUT2D eigenvalue weighted by Crippen LogP contribution is 2.36. The first-order valence-corrected chi connectivity index (χ1v) is 9.99. The molecule has 1 saturated heterocycles. The Morgan fingerprint density at radius 2 is 2.13 bits per heavy atom. The highest BCUT2D eigenvalue weighted by Gasteiger charge is 2.32. The van der Waals surface area contributed by atoms with E-state index in [1.54, 1.807) is 12.3 Å². The van der Waals surface area contributed by atoms with E-state index in [0.29, 0.717) is 29.0 Å². The van der Waals surface area contributed by atoms with Gasteiger partial charge < -0.3 is 14.7 Å². The first-order chi connectivity index (χ1) is 15.2. The minimum atomic E-state index is -0.0292. The Kier molecular flexibility index (Phi) is 4.80. The molecule has 1 aliphatic rings. The van der Waals surface area contributed by atoms with Crippen molar-refractivity contribution in [2.75, 3.05) is 16.8 Å². The largest absolute Gasteiger partial charge is 0.358 e. The van der Waals surface area contributed by atoms with Crippen LogP contribution in [0.5, 0.6) is 0 Å². The molecule has 5 heterocycles. The minimum Gasteiger partial charge on any atom is -0.358 e. The first-order valence-electron chi connectivity index (χ1n) is 9.99. The molecule has 0 amide bonds. The quantitative estimate of drug-likeness (QED) is 0.479. The van der Waals surface area contributed by atoms with E-state index < -0.39 is 0 Å². The summed E-state index contributed by atoms with van der Waals surface area (Å²) in [5.41, 5.74) is 2.92. The van der Waals surface area contributed by atoms with E-state index in [2.05, 4.69) is 46.4 Å². The summed E-state index contributed by atoms with van der Waals surface area (Å²) in [6, 6.07) is 11.2. The average molecular weight is 412 g/mol. The van der Waals surface area contributed by atoms with Crippen LogP contribution in [-0.4, -0.2) is 36.9 Å². The van der Waals surface area contributed by atoms with Gasteiger partial charge >= 0.3 is 0 Å². The van der Waals surface area contributed by atoms with E-state index in [1.165, 1.54) is 0 Å².